The summed E-state index contributed by atoms with van der Waals surface area (Å²) in [5, 5.41) is 6.39. The smallest absolute Gasteiger partial charge is 0.191 e. The Kier molecular flexibility index (Phi) is 8.42. The van der Waals surface area contributed by atoms with Crippen LogP contribution in [0, 0.1) is 5.82 Å². The number of aliphatic imine (C=N–C) groups is 1. The van der Waals surface area contributed by atoms with Gasteiger partial charge in [-0.15, -0.1) is 24.0 Å². The van der Waals surface area contributed by atoms with Gasteiger partial charge in [0.2, 0.25) is 0 Å². The second-order valence-corrected chi connectivity index (χ2v) is 4.50. The molecule has 1 aromatic heterocycles. The predicted molar refractivity (Wildman–Crippen MR) is 97.7 cm³/mol. The van der Waals surface area contributed by atoms with E-state index in [1.807, 2.05) is 25.1 Å². The molecule has 2 rings (SSSR count). The van der Waals surface area contributed by atoms with Gasteiger partial charge in [0.05, 0.1) is 18.8 Å². The minimum atomic E-state index is -0.233. The highest BCUT2D eigenvalue weighted by Gasteiger charge is 1.99. The molecule has 0 spiro atoms. The number of hydrogen-bond donors (Lipinski definition) is 2. The average molecular weight is 414 g/mol. The Morgan fingerprint density at radius 1 is 1.14 bits per heavy atom. The van der Waals surface area contributed by atoms with E-state index in [-0.39, 0.29) is 29.8 Å². The molecule has 2 aromatic rings. The molecule has 4 nitrogen and oxygen atoms in total. The van der Waals surface area contributed by atoms with Crippen molar-refractivity contribution in [1.29, 1.82) is 0 Å². The third-order valence-corrected chi connectivity index (χ3v) is 2.84. The highest BCUT2D eigenvalue weighted by atomic mass is 127. The molecule has 118 valence electrons. The number of aromatic nitrogens is 1. The molecule has 0 aliphatic carbocycles. The highest BCUT2D eigenvalue weighted by Crippen LogP contribution is 2.03. The SMILES string of the molecule is CCNC(=NCc1ccc(F)cc1)NCc1ccccn1.I. The standard InChI is InChI=1S/C16H19FN4.HI/c1-2-18-16(21-12-15-5-3-4-10-19-15)20-11-13-6-8-14(17)9-7-13;/h3-10H,2,11-12H2,1H3,(H2,18,20,21);1H. The number of halogens is 2. The molecule has 0 amide bonds. The topological polar surface area (TPSA) is 49.3 Å². The van der Waals surface area contributed by atoms with Gasteiger partial charge in [0.15, 0.2) is 5.96 Å². The fourth-order valence-electron chi connectivity index (χ4n) is 1.78. The van der Waals surface area contributed by atoms with Gasteiger partial charge in [0.1, 0.15) is 5.82 Å². The lowest BCUT2D eigenvalue weighted by molar-refractivity contribution is 0.627. The fraction of sp³-hybridized carbons (Fsp3) is 0.250. The predicted octanol–water partition coefficient (Wildman–Crippen LogP) is 3.09. The Morgan fingerprint density at radius 2 is 1.91 bits per heavy atom. The van der Waals surface area contributed by atoms with Gasteiger partial charge in [-0.3, -0.25) is 4.98 Å². The third-order valence-electron chi connectivity index (χ3n) is 2.84. The summed E-state index contributed by atoms with van der Waals surface area (Å²) in [5.74, 6) is 0.482. The number of benzene rings is 1. The second kappa shape index (κ2) is 10.1. The molecule has 0 radical (unpaired) electrons. The van der Waals surface area contributed by atoms with E-state index in [4.69, 9.17) is 0 Å². The van der Waals surface area contributed by atoms with Crippen LogP contribution in [-0.2, 0) is 13.1 Å². The zero-order valence-electron chi connectivity index (χ0n) is 12.4. The van der Waals surface area contributed by atoms with Gasteiger partial charge < -0.3 is 10.6 Å². The zero-order valence-corrected chi connectivity index (χ0v) is 14.8. The second-order valence-electron chi connectivity index (χ2n) is 4.50. The number of guanidine groups is 1. The van der Waals surface area contributed by atoms with Crippen molar-refractivity contribution >= 4 is 29.9 Å². The number of nitrogens with one attached hydrogen (secondary N) is 2. The Balaban J connectivity index is 0.00000242. The van der Waals surface area contributed by atoms with Crippen LogP contribution in [-0.4, -0.2) is 17.5 Å². The van der Waals surface area contributed by atoms with Crippen LogP contribution in [0.4, 0.5) is 4.39 Å². The fourth-order valence-corrected chi connectivity index (χ4v) is 1.78. The van der Waals surface area contributed by atoms with Crippen LogP contribution in [0.1, 0.15) is 18.2 Å². The van der Waals surface area contributed by atoms with Crippen molar-refractivity contribution in [3.05, 3.63) is 65.7 Å². The van der Waals surface area contributed by atoms with Crippen LogP contribution in [0.25, 0.3) is 0 Å². The average Bonchev–Trinajstić information content (AvgIpc) is 2.52. The lowest BCUT2D eigenvalue weighted by Gasteiger charge is -2.10. The first kappa shape index (κ1) is 18.3. The zero-order chi connectivity index (χ0) is 14.9. The van der Waals surface area contributed by atoms with Gasteiger partial charge in [-0.25, -0.2) is 9.38 Å². The number of pyridine rings is 1. The van der Waals surface area contributed by atoms with Crippen LogP contribution >= 0.6 is 24.0 Å². The van der Waals surface area contributed by atoms with E-state index in [9.17, 15) is 4.39 Å². The van der Waals surface area contributed by atoms with E-state index >= 15 is 0 Å². The molecular formula is C16H20FIN4. The van der Waals surface area contributed by atoms with Crippen LogP contribution in [0.3, 0.4) is 0 Å². The minimum Gasteiger partial charge on any atom is -0.357 e. The third kappa shape index (κ3) is 6.38. The summed E-state index contributed by atoms with van der Waals surface area (Å²) < 4.78 is 12.8. The van der Waals surface area contributed by atoms with E-state index in [2.05, 4.69) is 20.6 Å². The van der Waals surface area contributed by atoms with Gasteiger partial charge in [-0.1, -0.05) is 18.2 Å². The van der Waals surface area contributed by atoms with Gasteiger partial charge in [-0.05, 0) is 36.8 Å². The molecule has 0 saturated heterocycles. The molecule has 0 bridgehead atoms. The van der Waals surface area contributed by atoms with Crippen LogP contribution in [0.2, 0.25) is 0 Å². The molecular weight excluding hydrogens is 394 g/mol. The van der Waals surface area contributed by atoms with Gasteiger partial charge in [0, 0.05) is 12.7 Å². The number of hydrogen-bond acceptors (Lipinski definition) is 2. The molecule has 0 aliphatic heterocycles. The first-order valence-corrected chi connectivity index (χ1v) is 6.94. The lowest BCUT2D eigenvalue weighted by Crippen LogP contribution is -2.36. The van der Waals surface area contributed by atoms with Crippen LogP contribution < -0.4 is 10.6 Å². The maximum Gasteiger partial charge on any atom is 0.191 e. The van der Waals surface area contributed by atoms with Crippen LogP contribution in [0.5, 0.6) is 0 Å². The Bertz CT molecular complexity index is 572. The largest absolute Gasteiger partial charge is 0.357 e. The monoisotopic (exact) mass is 414 g/mol. The van der Waals surface area contributed by atoms with Crippen molar-refractivity contribution in [2.75, 3.05) is 6.54 Å². The van der Waals surface area contributed by atoms with Crippen molar-refractivity contribution in [2.24, 2.45) is 4.99 Å². The summed E-state index contributed by atoms with van der Waals surface area (Å²) in [6, 6.07) is 12.2. The van der Waals surface area contributed by atoms with Crippen molar-refractivity contribution < 1.29 is 4.39 Å². The molecule has 1 aromatic carbocycles. The maximum absolute atomic E-state index is 12.8. The molecule has 2 N–H and O–H groups in total. The highest BCUT2D eigenvalue weighted by molar-refractivity contribution is 14.0. The van der Waals surface area contributed by atoms with Crippen molar-refractivity contribution in [3.63, 3.8) is 0 Å². The molecule has 0 unspecified atom stereocenters. The first-order valence-electron chi connectivity index (χ1n) is 6.94. The lowest BCUT2D eigenvalue weighted by atomic mass is 10.2. The maximum atomic E-state index is 12.8. The van der Waals surface area contributed by atoms with Crippen molar-refractivity contribution in [1.82, 2.24) is 15.6 Å². The molecule has 6 heteroatoms. The summed E-state index contributed by atoms with van der Waals surface area (Å²) >= 11 is 0. The van der Waals surface area contributed by atoms with Gasteiger partial charge >= 0.3 is 0 Å². The van der Waals surface area contributed by atoms with E-state index in [1.165, 1.54) is 12.1 Å². The summed E-state index contributed by atoms with van der Waals surface area (Å²) in [5.41, 5.74) is 1.91. The summed E-state index contributed by atoms with van der Waals surface area (Å²) in [4.78, 5) is 8.72. The first-order chi connectivity index (χ1) is 10.3. The van der Waals surface area contributed by atoms with E-state index in [0.29, 0.717) is 19.0 Å². The minimum absolute atomic E-state index is 0. The summed E-state index contributed by atoms with van der Waals surface area (Å²) in [7, 11) is 0. The molecule has 0 fully saturated rings. The van der Waals surface area contributed by atoms with E-state index in [1.54, 1.807) is 18.3 Å². The normalized spacial score (nSPS) is 10.7. The molecule has 22 heavy (non-hydrogen) atoms. The van der Waals surface area contributed by atoms with E-state index < -0.39 is 0 Å². The molecule has 0 aliphatic rings. The van der Waals surface area contributed by atoms with Gasteiger partial charge in [-0.2, -0.15) is 0 Å². The van der Waals surface area contributed by atoms with Crippen LogP contribution in [0.15, 0.2) is 53.7 Å². The molecule has 1 heterocycles. The summed E-state index contributed by atoms with van der Waals surface area (Å²) in [6.45, 7) is 3.89. The molecule has 0 atom stereocenters. The quantitative estimate of drug-likeness (QED) is 0.449. The number of rotatable bonds is 5. The Morgan fingerprint density at radius 3 is 2.55 bits per heavy atom. The Hall–Kier alpha value is -1.70. The Labute approximate surface area is 147 Å². The van der Waals surface area contributed by atoms with Crippen molar-refractivity contribution in [2.45, 2.75) is 20.0 Å². The molecule has 0 saturated carbocycles. The van der Waals surface area contributed by atoms with E-state index in [0.717, 1.165) is 17.8 Å². The summed E-state index contributed by atoms with van der Waals surface area (Å²) in [6.07, 6.45) is 1.76. The number of nitrogens with zero attached hydrogens (tertiary/aromatic N) is 2. The van der Waals surface area contributed by atoms with Gasteiger partial charge in [0.25, 0.3) is 0 Å². The van der Waals surface area contributed by atoms with Crippen molar-refractivity contribution in [3.8, 4) is 0 Å².